The Hall–Kier alpha value is -1.78. The van der Waals surface area contributed by atoms with Crippen molar-refractivity contribution in [1.29, 1.82) is 0 Å². The molecule has 0 saturated carbocycles. The zero-order valence-electron chi connectivity index (χ0n) is 14.7. The molecule has 0 unspecified atom stereocenters. The molecule has 1 aromatic heterocycles. The van der Waals surface area contributed by atoms with E-state index in [-0.39, 0.29) is 24.1 Å². The lowest BCUT2D eigenvalue weighted by atomic mass is 10.2. The minimum Gasteiger partial charge on any atom is -0.495 e. The number of ether oxygens (including phenoxy) is 1. The zero-order chi connectivity index (χ0) is 18.9. The number of rotatable bonds is 9. The summed E-state index contributed by atoms with van der Waals surface area (Å²) in [5, 5.41) is 13.4. The summed E-state index contributed by atoms with van der Waals surface area (Å²) in [7, 11) is 1.54. The fourth-order valence-corrected chi connectivity index (χ4v) is 4.66. The molecule has 140 valence electrons. The van der Waals surface area contributed by atoms with Gasteiger partial charge in [0.05, 0.1) is 25.1 Å². The number of nitrogens with zero attached hydrogens (tertiary/aromatic N) is 2. The lowest BCUT2D eigenvalue weighted by Crippen LogP contribution is -2.34. The van der Waals surface area contributed by atoms with Crippen LogP contribution in [0.2, 0.25) is 0 Å². The first-order valence-corrected chi connectivity index (χ1v) is 10.6. The van der Waals surface area contributed by atoms with Gasteiger partial charge >= 0.3 is 0 Å². The molecule has 0 aliphatic heterocycles. The summed E-state index contributed by atoms with van der Waals surface area (Å²) in [6, 6.07) is 5.49. The van der Waals surface area contributed by atoms with Crippen LogP contribution in [0.4, 0.5) is 5.69 Å². The molecule has 0 radical (unpaired) electrons. The molecule has 0 aliphatic carbocycles. The number of methoxy groups -OCH3 is 1. The molecule has 7 nitrogen and oxygen atoms in total. The number of hydrogen-bond acceptors (Lipinski definition) is 8. The van der Waals surface area contributed by atoms with Crippen molar-refractivity contribution >= 4 is 52.4 Å². The normalized spacial score (nSPS) is 10.4. The van der Waals surface area contributed by atoms with Gasteiger partial charge in [-0.1, -0.05) is 47.9 Å². The summed E-state index contributed by atoms with van der Waals surface area (Å²) < 4.78 is 6.85. The smallest absolute Gasteiger partial charge is 0.243 e. The number of thioether (sulfide) groups is 2. The van der Waals surface area contributed by atoms with Crippen molar-refractivity contribution in [1.82, 2.24) is 15.5 Å². The van der Waals surface area contributed by atoms with Crippen LogP contribution in [0.25, 0.3) is 0 Å². The van der Waals surface area contributed by atoms with Gasteiger partial charge in [0, 0.05) is 0 Å². The van der Waals surface area contributed by atoms with Gasteiger partial charge in [0.25, 0.3) is 0 Å². The van der Waals surface area contributed by atoms with Crippen molar-refractivity contribution < 1.29 is 14.3 Å². The number of hydrogen-bond donors (Lipinski definition) is 2. The summed E-state index contributed by atoms with van der Waals surface area (Å²) in [5.74, 6) is 1.14. The van der Waals surface area contributed by atoms with Gasteiger partial charge in [-0.2, -0.15) is 0 Å². The Morgan fingerprint density at radius 3 is 2.62 bits per heavy atom. The van der Waals surface area contributed by atoms with Gasteiger partial charge < -0.3 is 15.4 Å². The van der Waals surface area contributed by atoms with Gasteiger partial charge in [0.1, 0.15) is 5.75 Å². The minimum absolute atomic E-state index is 0.108. The summed E-state index contributed by atoms with van der Waals surface area (Å²) >= 11 is 4.39. The third-order valence-corrected chi connectivity index (χ3v) is 6.13. The third-order valence-electron chi connectivity index (χ3n) is 3.06. The van der Waals surface area contributed by atoms with Gasteiger partial charge in [-0.15, -0.1) is 10.2 Å². The van der Waals surface area contributed by atoms with Crippen LogP contribution in [0.5, 0.6) is 5.75 Å². The van der Waals surface area contributed by atoms with Gasteiger partial charge in [0.15, 0.2) is 8.68 Å². The van der Waals surface area contributed by atoms with Crippen LogP contribution >= 0.6 is 34.9 Å². The fraction of sp³-hybridized carbons (Fsp3) is 0.375. The Bertz CT molecular complexity index is 767. The molecule has 0 atom stereocenters. The maximum atomic E-state index is 12.0. The maximum absolute atomic E-state index is 12.0. The van der Waals surface area contributed by atoms with Crippen molar-refractivity contribution in [3.8, 4) is 5.75 Å². The van der Waals surface area contributed by atoms with Crippen LogP contribution in [-0.2, 0) is 9.59 Å². The highest BCUT2D eigenvalue weighted by Gasteiger charge is 2.11. The first-order chi connectivity index (χ1) is 12.5. The molecule has 26 heavy (non-hydrogen) atoms. The van der Waals surface area contributed by atoms with Crippen molar-refractivity contribution in [2.45, 2.75) is 22.5 Å². The molecule has 0 bridgehead atoms. The highest BCUT2D eigenvalue weighted by atomic mass is 32.2. The van der Waals surface area contributed by atoms with Gasteiger partial charge in [-0.3, -0.25) is 9.59 Å². The molecule has 2 amide bonds. The first kappa shape index (κ1) is 20.5. The molecular weight excluding hydrogens is 392 g/mol. The van der Waals surface area contributed by atoms with E-state index in [4.69, 9.17) is 4.74 Å². The summed E-state index contributed by atoms with van der Waals surface area (Å²) in [4.78, 5) is 23.9. The van der Waals surface area contributed by atoms with E-state index in [0.717, 1.165) is 20.0 Å². The molecule has 0 spiro atoms. The first-order valence-electron chi connectivity index (χ1n) is 7.82. The molecule has 10 heteroatoms. The molecule has 0 saturated heterocycles. The molecule has 1 heterocycles. The van der Waals surface area contributed by atoms with Crippen LogP contribution in [-0.4, -0.2) is 47.2 Å². The molecule has 0 fully saturated rings. The lowest BCUT2D eigenvalue weighted by Gasteiger charge is -2.11. The Labute approximate surface area is 164 Å². The molecule has 2 rings (SSSR count). The molecule has 0 aliphatic rings. The van der Waals surface area contributed by atoms with Crippen LogP contribution < -0.4 is 15.4 Å². The van der Waals surface area contributed by atoms with E-state index >= 15 is 0 Å². The number of aromatic nitrogens is 2. The quantitative estimate of drug-likeness (QED) is 0.612. The van der Waals surface area contributed by atoms with Gasteiger partial charge in [-0.25, -0.2) is 0 Å². The van der Waals surface area contributed by atoms with E-state index in [1.165, 1.54) is 30.2 Å². The second-order valence-corrected chi connectivity index (χ2v) is 8.80. The average molecular weight is 413 g/mol. The van der Waals surface area contributed by atoms with Crippen LogP contribution in [0, 0.1) is 6.92 Å². The predicted molar refractivity (Wildman–Crippen MR) is 106 cm³/mol. The van der Waals surface area contributed by atoms with Crippen molar-refractivity contribution in [2.75, 3.05) is 30.5 Å². The maximum Gasteiger partial charge on any atom is 0.243 e. The predicted octanol–water partition coefficient (Wildman–Crippen LogP) is 2.81. The molecular formula is C16H20N4O3S3. The Balaban J connectivity index is 1.76. The molecule has 1 aromatic carbocycles. The van der Waals surface area contributed by atoms with E-state index in [9.17, 15) is 9.59 Å². The molecule has 2 N–H and O–H groups in total. The van der Waals surface area contributed by atoms with E-state index in [0.29, 0.717) is 11.4 Å². The summed E-state index contributed by atoms with van der Waals surface area (Å²) in [6.45, 7) is 3.86. The number of benzene rings is 1. The van der Waals surface area contributed by atoms with Crippen LogP contribution in [0.1, 0.15) is 12.5 Å². The van der Waals surface area contributed by atoms with Crippen molar-refractivity contribution in [3.63, 3.8) is 0 Å². The summed E-state index contributed by atoms with van der Waals surface area (Å²) in [5.41, 5.74) is 1.58. The number of amides is 2. The second-order valence-electron chi connectivity index (χ2n) is 5.08. The number of carbonyl (C=O) groups excluding carboxylic acids is 2. The van der Waals surface area contributed by atoms with Crippen molar-refractivity contribution in [3.05, 3.63) is 23.8 Å². The topological polar surface area (TPSA) is 93.2 Å². The fourth-order valence-electron chi connectivity index (χ4n) is 1.91. The minimum atomic E-state index is -0.315. The van der Waals surface area contributed by atoms with E-state index in [2.05, 4.69) is 20.8 Å². The third kappa shape index (κ3) is 6.50. The van der Waals surface area contributed by atoms with Gasteiger partial charge in [0.2, 0.25) is 11.8 Å². The number of anilines is 1. The van der Waals surface area contributed by atoms with E-state index in [1.807, 2.05) is 26.0 Å². The Morgan fingerprint density at radius 2 is 1.92 bits per heavy atom. The number of carbonyl (C=O) groups is 2. The Morgan fingerprint density at radius 1 is 1.19 bits per heavy atom. The Kier molecular flexibility index (Phi) is 8.20. The average Bonchev–Trinajstić information content (AvgIpc) is 3.06. The summed E-state index contributed by atoms with van der Waals surface area (Å²) in [6.07, 6.45) is 0. The molecule has 2 aromatic rings. The SMILES string of the molecule is CCSc1nnc(SCC(=O)NCC(=O)Nc2cc(C)ccc2OC)s1. The highest BCUT2D eigenvalue weighted by molar-refractivity contribution is 8.03. The monoisotopic (exact) mass is 412 g/mol. The number of aryl methyl sites for hydroxylation is 1. The van der Waals surface area contributed by atoms with E-state index < -0.39 is 0 Å². The lowest BCUT2D eigenvalue weighted by molar-refractivity contribution is -0.122. The second kappa shape index (κ2) is 10.4. The zero-order valence-corrected chi connectivity index (χ0v) is 17.1. The standard InChI is InChI=1S/C16H20N4O3S3/c1-4-24-15-19-20-16(26-15)25-9-14(22)17-8-13(21)18-11-7-10(2)5-6-12(11)23-3/h5-7H,4,8-9H2,1-3H3,(H,17,22)(H,18,21). The largest absolute Gasteiger partial charge is 0.495 e. The van der Waals surface area contributed by atoms with Crippen molar-refractivity contribution in [2.24, 2.45) is 0 Å². The highest BCUT2D eigenvalue weighted by Crippen LogP contribution is 2.28. The van der Waals surface area contributed by atoms with Crippen LogP contribution in [0.15, 0.2) is 26.9 Å². The number of nitrogens with one attached hydrogen (secondary N) is 2. The van der Waals surface area contributed by atoms with Gasteiger partial charge in [-0.05, 0) is 30.4 Å². The van der Waals surface area contributed by atoms with E-state index in [1.54, 1.807) is 17.8 Å². The van der Waals surface area contributed by atoms with Crippen LogP contribution in [0.3, 0.4) is 0 Å².